The Hall–Kier alpha value is -1.56. The Morgan fingerprint density at radius 2 is 1.85 bits per heavy atom. The van der Waals surface area contributed by atoms with Gasteiger partial charge in [0, 0.05) is 0 Å². The predicted octanol–water partition coefficient (Wildman–Crippen LogP) is 1.96. The summed E-state index contributed by atoms with van der Waals surface area (Å²) in [5, 5.41) is 0. The van der Waals surface area contributed by atoms with Gasteiger partial charge in [-0.3, -0.25) is 9.52 Å². The molecule has 5 nitrogen and oxygen atoms in total. The quantitative estimate of drug-likeness (QED) is 0.902. The molecular formula is C14H21NO4S. The van der Waals surface area contributed by atoms with Crippen LogP contribution >= 0.6 is 0 Å². The van der Waals surface area contributed by atoms with Crippen LogP contribution < -0.4 is 9.46 Å². The molecule has 0 saturated carbocycles. The van der Waals surface area contributed by atoms with Crippen molar-refractivity contribution in [1.82, 2.24) is 4.72 Å². The first-order valence-corrected chi connectivity index (χ1v) is 8.28. The van der Waals surface area contributed by atoms with Crippen LogP contribution in [0.2, 0.25) is 0 Å². The topological polar surface area (TPSA) is 72.5 Å². The van der Waals surface area contributed by atoms with Gasteiger partial charge in [0.25, 0.3) is 5.91 Å². The molecule has 0 radical (unpaired) electrons. The standard InChI is InChI=1S/C14H21NO4S/c1-9(2)12-7-6-10(3)13(8-12)19-11(4)14(16)15-20(5,17)18/h6-9,11H,1-5H3,(H,15,16)/t11-/m0/s1. The molecule has 0 aliphatic carbocycles. The lowest BCUT2D eigenvalue weighted by Gasteiger charge is -2.17. The van der Waals surface area contributed by atoms with E-state index in [9.17, 15) is 13.2 Å². The SMILES string of the molecule is Cc1ccc(C(C)C)cc1O[C@@H](C)C(=O)NS(C)(=O)=O. The van der Waals surface area contributed by atoms with E-state index in [1.54, 1.807) is 0 Å². The van der Waals surface area contributed by atoms with Crippen LogP contribution in [0, 0.1) is 6.92 Å². The van der Waals surface area contributed by atoms with Crippen LogP contribution in [0.1, 0.15) is 37.8 Å². The largest absolute Gasteiger partial charge is 0.481 e. The molecule has 0 fully saturated rings. The number of hydrogen-bond donors (Lipinski definition) is 1. The zero-order valence-electron chi connectivity index (χ0n) is 12.4. The molecule has 1 aromatic carbocycles. The van der Waals surface area contributed by atoms with Crippen molar-refractivity contribution in [3.8, 4) is 5.75 Å². The van der Waals surface area contributed by atoms with E-state index >= 15 is 0 Å². The number of benzene rings is 1. The van der Waals surface area contributed by atoms with Gasteiger partial charge in [-0.05, 0) is 37.0 Å². The highest BCUT2D eigenvalue weighted by atomic mass is 32.2. The molecule has 112 valence electrons. The molecule has 6 heteroatoms. The van der Waals surface area contributed by atoms with Crippen molar-refractivity contribution in [2.24, 2.45) is 0 Å². The van der Waals surface area contributed by atoms with Crippen molar-refractivity contribution >= 4 is 15.9 Å². The van der Waals surface area contributed by atoms with Crippen molar-refractivity contribution in [1.29, 1.82) is 0 Å². The van der Waals surface area contributed by atoms with E-state index in [0.717, 1.165) is 17.4 Å². The minimum atomic E-state index is -3.57. The summed E-state index contributed by atoms with van der Waals surface area (Å²) in [6, 6.07) is 5.81. The van der Waals surface area contributed by atoms with Crippen LogP contribution in [0.4, 0.5) is 0 Å². The number of nitrogens with one attached hydrogen (secondary N) is 1. The highest BCUT2D eigenvalue weighted by molar-refractivity contribution is 7.89. The number of hydrogen-bond acceptors (Lipinski definition) is 4. The second-order valence-electron chi connectivity index (χ2n) is 5.18. The average Bonchev–Trinajstić information content (AvgIpc) is 2.29. The van der Waals surface area contributed by atoms with Crippen LogP contribution in [0.25, 0.3) is 0 Å². The molecule has 0 aliphatic heterocycles. The highest BCUT2D eigenvalue weighted by Crippen LogP contribution is 2.25. The van der Waals surface area contributed by atoms with E-state index in [-0.39, 0.29) is 0 Å². The van der Waals surface area contributed by atoms with Gasteiger partial charge in [-0.2, -0.15) is 0 Å². The molecule has 0 spiro atoms. The molecule has 1 aromatic rings. The first kappa shape index (κ1) is 16.5. The van der Waals surface area contributed by atoms with E-state index < -0.39 is 22.0 Å². The first-order chi connectivity index (χ1) is 9.10. The van der Waals surface area contributed by atoms with Gasteiger partial charge in [0.05, 0.1) is 6.26 Å². The van der Waals surface area contributed by atoms with Crippen LogP contribution in [-0.4, -0.2) is 26.7 Å². The molecule has 0 saturated heterocycles. The Bertz CT molecular complexity index is 593. The summed E-state index contributed by atoms with van der Waals surface area (Å²) in [6.45, 7) is 7.52. The van der Waals surface area contributed by atoms with E-state index in [1.807, 2.05) is 29.8 Å². The van der Waals surface area contributed by atoms with Gasteiger partial charge in [0.2, 0.25) is 10.0 Å². The second-order valence-corrected chi connectivity index (χ2v) is 6.93. The molecule has 1 atom stereocenters. The van der Waals surface area contributed by atoms with E-state index in [4.69, 9.17) is 4.74 Å². The summed E-state index contributed by atoms with van der Waals surface area (Å²) in [5.41, 5.74) is 2.00. The van der Waals surface area contributed by atoms with Crippen molar-refractivity contribution in [2.45, 2.75) is 39.7 Å². The van der Waals surface area contributed by atoms with Gasteiger partial charge in [-0.15, -0.1) is 0 Å². The van der Waals surface area contributed by atoms with Gasteiger partial charge in [-0.1, -0.05) is 26.0 Å². The van der Waals surface area contributed by atoms with Crippen molar-refractivity contribution in [2.75, 3.05) is 6.26 Å². The monoisotopic (exact) mass is 299 g/mol. The molecule has 1 amide bonds. The Balaban J connectivity index is 2.87. The third-order valence-electron chi connectivity index (χ3n) is 2.84. The smallest absolute Gasteiger partial charge is 0.274 e. The number of aryl methyl sites for hydroxylation is 1. The first-order valence-electron chi connectivity index (χ1n) is 6.39. The van der Waals surface area contributed by atoms with Gasteiger partial charge in [0.1, 0.15) is 5.75 Å². The maximum atomic E-state index is 11.7. The zero-order chi connectivity index (χ0) is 15.5. The minimum Gasteiger partial charge on any atom is -0.481 e. The highest BCUT2D eigenvalue weighted by Gasteiger charge is 2.19. The number of carbonyl (C=O) groups excluding carboxylic acids is 1. The lowest BCUT2D eigenvalue weighted by Crippen LogP contribution is -2.39. The molecule has 0 bridgehead atoms. The van der Waals surface area contributed by atoms with Gasteiger partial charge >= 0.3 is 0 Å². The number of sulfonamides is 1. The number of carbonyl (C=O) groups is 1. The Kier molecular flexibility index (Phi) is 5.16. The normalized spacial score (nSPS) is 13.1. The van der Waals surface area contributed by atoms with Crippen molar-refractivity contribution in [3.63, 3.8) is 0 Å². The Morgan fingerprint density at radius 3 is 2.35 bits per heavy atom. The summed E-state index contributed by atoms with van der Waals surface area (Å²) in [6.07, 6.45) is 0.0493. The summed E-state index contributed by atoms with van der Waals surface area (Å²) in [5.74, 6) is 0.257. The number of rotatable bonds is 5. The Labute approximate surface area is 120 Å². The van der Waals surface area contributed by atoms with E-state index in [0.29, 0.717) is 11.7 Å². The van der Waals surface area contributed by atoms with Crippen molar-refractivity contribution < 1.29 is 17.9 Å². The molecule has 20 heavy (non-hydrogen) atoms. The van der Waals surface area contributed by atoms with Crippen molar-refractivity contribution in [3.05, 3.63) is 29.3 Å². The third kappa shape index (κ3) is 4.85. The Morgan fingerprint density at radius 1 is 1.25 bits per heavy atom. The van der Waals surface area contributed by atoms with Crippen LogP contribution in [0.5, 0.6) is 5.75 Å². The molecule has 0 aromatic heterocycles. The molecule has 0 aliphatic rings. The van der Waals surface area contributed by atoms with Crippen LogP contribution in [-0.2, 0) is 14.8 Å². The fourth-order valence-corrected chi connectivity index (χ4v) is 2.14. The fourth-order valence-electron chi connectivity index (χ4n) is 1.61. The fraction of sp³-hybridized carbons (Fsp3) is 0.500. The summed E-state index contributed by atoms with van der Waals surface area (Å²) in [7, 11) is -3.57. The van der Waals surface area contributed by atoms with Crippen LogP contribution in [0.3, 0.4) is 0 Å². The summed E-state index contributed by atoms with van der Waals surface area (Å²) >= 11 is 0. The average molecular weight is 299 g/mol. The maximum Gasteiger partial charge on any atom is 0.274 e. The van der Waals surface area contributed by atoms with Crippen LogP contribution in [0.15, 0.2) is 18.2 Å². The predicted molar refractivity (Wildman–Crippen MR) is 78.3 cm³/mol. The summed E-state index contributed by atoms with van der Waals surface area (Å²) < 4.78 is 29.5. The molecule has 0 unspecified atom stereocenters. The lowest BCUT2D eigenvalue weighted by molar-refractivity contribution is -0.125. The number of ether oxygens (including phenoxy) is 1. The lowest BCUT2D eigenvalue weighted by atomic mass is 10.0. The number of amides is 1. The van der Waals surface area contributed by atoms with Gasteiger partial charge in [-0.25, -0.2) is 8.42 Å². The van der Waals surface area contributed by atoms with E-state index in [1.165, 1.54) is 6.92 Å². The molecule has 1 rings (SSSR count). The molecule has 1 N–H and O–H groups in total. The van der Waals surface area contributed by atoms with Gasteiger partial charge in [0.15, 0.2) is 6.10 Å². The summed E-state index contributed by atoms with van der Waals surface area (Å²) in [4.78, 5) is 11.7. The van der Waals surface area contributed by atoms with E-state index in [2.05, 4.69) is 13.8 Å². The zero-order valence-corrected chi connectivity index (χ0v) is 13.2. The maximum absolute atomic E-state index is 11.7. The second kappa shape index (κ2) is 6.26. The minimum absolute atomic E-state index is 0.345. The van der Waals surface area contributed by atoms with Gasteiger partial charge < -0.3 is 4.74 Å². The molecule has 0 heterocycles. The molecular weight excluding hydrogens is 278 g/mol. The third-order valence-corrected chi connectivity index (χ3v) is 3.41.